The van der Waals surface area contributed by atoms with E-state index in [0.29, 0.717) is 11.2 Å². The first kappa shape index (κ1) is 15.4. The molecule has 3 rings (SSSR count). The fraction of sp³-hybridized carbons (Fsp3) is 0.615. The summed E-state index contributed by atoms with van der Waals surface area (Å²) >= 11 is 9.22. The number of ether oxygens (including phenoxy) is 1. The number of hydrogen-bond acceptors (Lipinski definition) is 3. The van der Waals surface area contributed by atoms with Gasteiger partial charge in [0.2, 0.25) is 0 Å². The van der Waals surface area contributed by atoms with E-state index < -0.39 is 0 Å². The zero-order valence-electron chi connectivity index (χ0n) is 10.7. The molecule has 2 fully saturated rings. The van der Waals surface area contributed by atoms with E-state index in [0.717, 1.165) is 28.8 Å². The molecule has 6 heteroatoms. The lowest BCUT2D eigenvalue weighted by Crippen LogP contribution is -2.41. The van der Waals surface area contributed by atoms with Crippen molar-refractivity contribution < 1.29 is 4.74 Å². The van der Waals surface area contributed by atoms with Crippen molar-refractivity contribution in [1.29, 1.82) is 0 Å². The Balaban J connectivity index is 0.00000133. The molecule has 2 aliphatic rings. The number of pyridine rings is 1. The number of aromatic nitrogens is 1. The Hall–Kier alpha value is -0.0300. The van der Waals surface area contributed by atoms with E-state index in [-0.39, 0.29) is 12.4 Å². The van der Waals surface area contributed by atoms with E-state index in [4.69, 9.17) is 16.3 Å². The summed E-state index contributed by atoms with van der Waals surface area (Å²) in [5, 5.41) is 0.472. The third-order valence-electron chi connectivity index (χ3n) is 4.28. The van der Waals surface area contributed by atoms with Gasteiger partial charge in [-0.2, -0.15) is 0 Å². The summed E-state index contributed by atoms with van der Waals surface area (Å²) < 4.78 is 6.64. The summed E-state index contributed by atoms with van der Waals surface area (Å²) in [4.78, 5) is 6.55. The highest BCUT2D eigenvalue weighted by Gasteiger charge is 2.43. The van der Waals surface area contributed by atoms with Crippen molar-refractivity contribution in [2.24, 2.45) is 5.92 Å². The Labute approximate surface area is 133 Å². The van der Waals surface area contributed by atoms with Gasteiger partial charge in [-0.05, 0) is 54.2 Å². The molecule has 0 amide bonds. The van der Waals surface area contributed by atoms with Crippen LogP contribution in [0.4, 0.5) is 0 Å². The summed E-state index contributed by atoms with van der Waals surface area (Å²) in [6, 6.07) is 3.21. The largest absolute Gasteiger partial charge is 0.490 e. The molecule has 2 heterocycles. The number of nitrogens with zero attached hydrogens (tertiary/aromatic N) is 2. The lowest BCUT2D eigenvalue weighted by Gasteiger charge is -2.31. The number of fused-ring (bicyclic) bond motifs is 2. The molecule has 0 aromatic carbocycles. The fourth-order valence-electron chi connectivity index (χ4n) is 3.23. The molecule has 1 saturated carbocycles. The third kappa shape index (κ3) is 3.02. The average molecular weight is 368 g/mol. The smallest absolute Gasteiger partial charge is 0.143 e. The van der Waals surface area contributed by atoms with Gasteiger partial charge in [0.25, 0.3) is 0 Å². The monoisotopic (exact) mass is 366 g/mol. The lowest BCUT2D eigenvalue weighted by atomic mass is 10.00. The Morgan fingerprint density at radius 2 is 2.32 bits per heavy atom. The fourth-order valence-corrected chi connectivity index (χ4v) is 3.66. The maximum atomic E-state index is 5.86. The standard InChI is InChI=1S/C13H16BrClN2O.ClH/c1-17-9-3-2-8(4-9)12(17)7-18-10-5-11(14)13(15)16-6-10;/h5-6,8-9,12H,2-4,7H2,1H3;1H/t8-,9+,12-;/m1./s1. The molecule has 2 bridgehead atoms. The predicted molar refractivity (Wildman–Crippen MR) is 82.4 cm³/mol. The summed E-state index contributed by atoms with van der Waals surface area (Å²) in [6.45, 7) is 0.743. The van der Waals surface area contributed by atoms with Crippen LogP contribution in [0.25, 0.3) is 0 Å². The zero-order valence-corrected chi connectivity index (χ0v) is 13.8. The normalized spacial score (nSPS) is 29.3. The summed E-state index contributed by atoms with van der Waals surface area (Å²) in [5.74, 6) is 1.59. The van der Waals surface area contributed by atoms with Gasteiger partial charge in [-0.1, -0.05) is 11.6 Å². The van der Waals surface area contributed by atoms with Crippen LogP contribution in [-0.2, 0) is 0 Å². The van der Waals surface area contributed by atoms with Gasteiger partial charge in [0.1, 0.15) is 17.5 Å². The van der Waals surface area contributed by atoms with Gasteiger partial charge in [-0.15, -0.1) is 12.4 Å². The van der Waals surface area contributed by atoms with Crippen LogP contribution in [0.5, 0.6) is 5.75 Å². The number of likely N-dealkylation sites (tertiary alicyclic amines) is 1. The summed E-state index contributed by atoms with van der Waals surface area (Å²) in [6.07, 6.45) is 5.73. The second-order valence-corrected chi connectivity index (χ2v) is 6.43. The Morgan fingerprint density at radius 1 is 1.53 bits per heavy atom. The quantitative estimate of drug-likeness (QED) is 0.760. The molecule has 1 aliphatic heterocycles. The molecule has 3 atom stereocenters. The minimum atomic E-state index is 0. The summed E-state index contributed by atoms with van der Waals surface area (Å²) in [7, 11) is 2.22. The Bertz CT molecular complexity index is 458. The zero-order chi connectivity index (χ0) is 12.7. The molecule has 0 unspecified atom stereocenters. The van der Waals surface area contributed by atoms with Gasteiger partial charge in [0.05, 0.1) is 10.7 Å². The predicted octanol–water partition coefficient (Wildman–Crippen LogP) is 3.78. The van der Waals surface area contributed by atoms with Crippen LogP contribution in [0.15, 0.2) is 16.7 Å². The van der Waals surface area contributed by atoms with Crippen LogP contribution in [-0.4, -0.2) is 35.6 Å². The molecule has 0 N–H and O–H groups in total. The van der Waals surface area contributed by atoms with Crippen molar-refractivity contribution in [1.82, 2.24) is 9.88 Å². The molecule has 3 nitrogen and oxygen atoms in total. The minimum Gasteiger partial charge on any atom is -0.490 e. The van der Waals surface area contributed by atoms with Gasteiger partial charge < -0.3 is 4.74 Å². The van der Waals surface area contributed by atoms with E-state index in [1.165, 1.54) is 19.3 Å². The van der Waals surface area contributed by atoms with E-state index >= 15 is 0 Å². The van der Waals surface area contributed by atoms with Gasteiger partial charge in [0, 0.05) is 12.1 Å². The maximum Gasteiger partial charge on any atom is 0.143 e. The van der Waals surface area contributed by atoms with Crippen molar-refractivity contribution in [3.05, 3.63) is 21.9 Å². The lowest BCUT2D eigenvalue weighted by molar-refractivity contribution is 0.118. The van der Waals surface area contributed by atoms with Crippen molar-refractivity contribution in [2.75, 3.05) is 13.7 Å². The molecule has 19 heavy (non-hydrogen) atoms. The van der Waals surface area contributed by atoms with Crippen LogP contribution in [0.2, 0.25) is 5.15 Å². The van der Waals surface area contributed by atoms with Crippen molar-refractivity contribution in [3.8, 4) is 5.75 Å². The van der Waals surface area contributed by atoms with Gasteiger partial charge >= 0.3 is 0 Å². The molecule has 1 aromatic rings. The first-order valence-corrected chi connectivity index (χ1v) is 7.48. The molecule has 1 aliphatic carbocycles. The summed E-state index contributed by atoms with van der Waals surface area (Å²) in [5.41, 5.74) is 0. The molecule has 1 saturated heterocycles. The number of piperidine rings is 1. The first-order chi connectivity index (χ1) is 8.65. The Kier molecular flexibility index (Phi) is 4.99. The minimum absolute atomic E-state index is 0. The molecule has 0 spiro atoms. The molecular weight excluding hydrogens is 351 g/mol. The van der Waals surface area contributed by atoms with Crippen LogP contribution in [0.1, 0.15) is 19.3 Å². The van der Waals surface area contributed by atoms with Crippen LogP contribution >= 0.6 is 39.9 Å². The van der Waals surface area contributed by atoms with Crippen LogP contribution < -0.4 is 4.74 Å². The van der Waals surface area contributed by atoms with Crippen LogP contribution in [0, 0.1) is 5.92 Å². The molecule has 106 valence electrons. The van der Waals surface area contributed by atoms with Gasteiger partial charge in [-0.3, -0.25) is 4.90 Å². The highest BCUT2D eigenvalue weighted by atomic mass is 79.9. The molecule has 1 aromatic heterocycles. The second kappa shape index (κ2) is 6.17. The number of likely N-dealkylation sites (N-methyl/N-ethyl adjacent to an activating group) is 1. The van der Waals surface area contributed by atoms with Gasteiger partial charge in [0.15, 0.2) is 0 Å². The number of rotatable bonds is 3. The van der Waals surface area contributed by atoms with E-state index in [9.17, 15) is 0 Å². The number of halogens is 3. The first-order valence-electron chi connectivity index (χ1n) is 6.31. The van der Waals surface area contributed by atoms with Crippen LogP contribution in [0.3, 0.4) is 0 Å². The van der Waals surface area contributed by atoms with E-state index in [1.54, 1.807) is 6.20 Å². The molecular formula is C13H17BrCl2N2O. The molecule has 0 radical (unpaired) electrons. The average Bonchev–Trinajstić information content (AvgIpc) is 2.92. The maximum absolute atomic E-state index is 5.86. The van der Waals surface area contributed by atoms with Crippen molar-refractivity contribution >= 4 is 39.9 Å². The second-order valence-electron chi connectivity index (χ2n) is 5.21. The Morgan fingerprint density at radius 3 is 2.95 bits per heavy atom. The van der Waals surface area contributed by atoms with Crippen molar-refractivity contribution in [3.63, 3.8) is 0 Å². The highest BCUT2D eigenvalue weighted by Crippen LogP contribution is 2.41. The SMILES string of the molecule is CN1[C@H]2CC[C@H](C2)[C@H]1COc1cnc(Cl)c(Br)c1.Cl. The topological polar surface area (TPSA) is 25.4 Å². The van der Waals surface area contributed by atoms with Gasteiger partial charge in [-0.25, -0.2) is 4.98 Å². The highest BCUT2D eigenvalue weighted by molar-refractivity contribution is 9.10. The van der Waals surface area contributed by atoms with E-state index in [2.05, 4.69) is 32.9 Å². The number of hydrogen-bond donors (Lipinski definition) is 0. The van der Waals surface area contributed by atoms with Crippen molar-refractivity contribution in [2.45, 2.75) is 31.3 Å². The van der Waals surface area contributed by atoms with E-state index in [1.807, 2.05) is 6.07 Å². The third-order valence-corrected chi connectivity index (χ3v) is 5.41.